The summed E-state index contributed by atoms with van der Waals surface area (Å²) in [4.78, 5) is 6.56. The lowest BCUT2D eigenvalue weighted by atomic mass is 10.2. The van der Waals surface area contributed by atoms with Crippen molar-refractivity contribution < 1.29 is 12.8 Å². The van der Waals surface area contributed by atoms with Crippen LogP contribution in [0, 0.1) is 26.6 Å². The van der Waals surface area contributed by atoms with E-state index in [1.807, 2.05) is 30.5 Å². The number of aromatic nitrogens is 2. The van der Waals surface area contributed by atoms with Crippen molar-refractivity contribution in [2.75, 3.05) is 0 Å². The molecule has 0 aliphatic rings. The van der Waals surface area contributed by atoms with Crippen LogP contribution in [0.5, 0.6) is 0 Å². The molecule has 2 aromatic heterocycles. The van der Waals surface area contributed by atoms with Gasteiger partial charge in [0.1, 0.15) is 5.82 Å². The van der Waals surface area contributed by atoms with Crippen LogP contribution in [0.2, 0.25) is 0 Å². The third-order valence-corrected chi connectivity index (χ3v) is 7.55. The molecule has 2 aromatic carbocycles. The Morgan fingerprint density at radius 3 is 2.48 bits per heavy atom. The van der Waals surface area contributed by atoms with E-state index in [0.29, 0.717) is 4.90 Å². The molecule has 0 radical (unpaired) electrons. The number of nitrogens with zero attached hydrogens (tertiary/aromatic N) is 2. The first kappa shape index (κ1) is 19.8. The quantitative estimate of drug-likeness (QED) is 0.504. The second kappa shape index (κ2) is 7.37. The predicted molar refractivity (Wildman–Crippen MR) is 113 cm³/mol. The molecule has 0 saturated carbocycles. The SMILES string of the molecule is Cc1ccc(S(=O)(=O)NCc2sc3nc(-c4ccc(F)cc4)cn3c2C)c(C)c1. The third kappa shape index (κ3) is 3.83. The first-order valence-corrected chi connectivity index (χ1v) is 11.3. The zero-order chi connectivity index (χ0) is 20.8. The molecule has 0 saturated heterocycles. The van der Waals surface area contributed by atoms with Crippen molar-refractivity contribution in [2.45, 2.75) is 32.2 Å². The molecule has 2 heterocycles. The van der Waals surface area contributed by atoms with Crippen LogP contribution in [0.3, 0.4) is 0 Å². The van der Waals surface area contributed by atoms with Gasteiger partial charge in [-0.05, 0) is 56.7 Å². The van der Waals surface area contributed by atoms with Crippen LogP contribution < -0.4 is 4.72 Å². The van der Waals surface area contributed by atoms with Crippen LogP contribution in [0.4, 0.5) is 4.39 Å². The molecule has 0 amide bonds. The van der Waals surface area contributed by atoms with Gasteiger partial charge in [-0.2, -0.15) is 0 Å². The Hall–Kier alpha value is -2.55. The lowest BCUT2D eigenvalue weighted by Gasteiger charge is -2.09. The first-order chi connectivity index (χ1) is 13.7. The summed E-state index contributed by atoms with van der Waals surface area (Å²) < 4.78 is 43.2. The summed E-state index contributed by atoms with van der Waals surface area (Å²) in [6, 6.07) is 11.5. The number of halogens is 1. The fourth-order valence-electron chi connectivity index (χ4n) is 3.26. The van der Waals surface area contributed by atoms with Crippen molar-refractivity contribution in [3.05, 3.63) is 76.2 Å². The van der Waals surface area contributed by atoms with E-state index in [1.54, 1.807) is 31.2 Å². The van der Waals surface area contributed by atoms with Gasteiger partial charge in [0, 0.05) is 28.9 Å². The lowest BCUT2D eigenvalue weighted by Crippen LogP contribution is -2.24. The van der Waals surface area contributed by atoms with Gasteiger partial charge in [-0.25, -0.2) is 22.5 Å². The van der Waals surface area contributed by atoms with Crippen LogP contribution in [0.1, 0.15) is 21.7 Å². The monoisotopic (exact) mass is 429 g/mol. The maximum Gasteiger partial charge on any atom is 0.241 e. The Labute approximate surface area is 172 Å². The standard InChI is InChI=1S/C21H20FN3O2S2/c1-13-4-9-20(14(2)10-13)29(26,27)23-11-19-15(3)25-12-18(24-21(25)28-19)16-5-7-17(22)8-6-16/h4-10,12,23H,11H2,1-3H3. The maximum absolute atomic E-state index is 13.1. The number of imidazole rings is 1. The summed E-state index contributed by atoms with van der Waals surface area (Å²) in [5, 5.41) is 0. The zero-order valence-corrected chi connectivity index (χ0v) is 17.9. The van der Waals surface area contributed by atoms with Crippen LogP contribution in [-0.4, -0.2) is 17.8 Å². The second-order valence-corrected chi connectivity index (χ2v) is 9.79. The van der Waals surface area contributed by atoms with Crippen LogP contribution in [0.25, 0.3) is 16.2 Å². The molecule has 4 aromatic rings. The van der Waals surface area contributed by atoms with E-state index in [9.17, 15) is 12.8 Å². The average molecular weight is 430 g/mol. The molecule has 0 aliphatic carbocycles. The van der Waals surface area contributed by atoms with Crippen molar-refractivity contribution in [1.82, 2.24) is 14.1 Å². The fourth-order valence-corrected chi connectivity index (χ4v) is 5.61. The summed E-state index contributed by atoms with van der Waals surface area (Å²) in [5.41, 5.74) is 4.25. The van der Waals surface area contributed by atoms with E-state index in [4.69, 9.17) is 0 Å². The molecular formula is C21H20FN3O2S2. The molecular weight excluding hydrogens is 409 g/mol. The van der Waals surface area contributed by atoms with Gasteiger partial charge in [-0.15, -0.1) is 0 Å². The highest BCUT2D eigenvalue weighted by Gasteiger charge is 2.19. The van der Waals surface area contributed by atoms with Crippen LogP contribution in [-0.2, 0) is 16.6 Å². The van der Waals surface area contributed by atoms with Crippen LogP contribution >= 0.6 is 11.3 Å². The normalized spacial score (nSPS) is 12.0. The lowest BCUT2D eigenvalue weighted by molar-refractivity contribution is 0.581. The van der Waals surface area contributed by atoms with Crippen molar-refractivity contribution in [2.24, 2.45) is 0 Å². The van der Waals surface area contributed by atoms with Crippen molar-refractivity contribution in [1.29, 1.82) is 0 Å². The Bertz CT molecular complexity index is 1310. The van der Waals surface area contributed by atoms with E-state index < -0.39 is 10.0 Å². The number of hydrogen-bond donors (Lipinski definition) is 1. The van der Waals surface area contributed by atoms with E-state index in [2.05, 4.69) is 9.71 Å². The molecule has 0 atom stereocenters. The third-order valence-electron chi connectivity index (χ3n) is 4.84. The minimum absolute atomic E-state index is 0.196. The molecule has 0 spiro atoms. The summed E-state index contributed by atoms with van der Waals surface area (Å²) >= 11 is 1.44. The fraction of sp³-hybridized carbons (Fsp3) is 0.190. The van der Waals surface area contributed by atoms with Gasteiger partial charge in [0.05, 0.1) is 10.6 Å². The van der Waals surface area contributed by atoms with E-state index in [-0.39, 0.29) is 12.4 Å². The molecule has 0 bridgehead atoms. The van der Waals surface area contributed by atoms with Gasteiger partial charge in [-0.3, -0.25) is 4.40 Å². The van der Waals surface area contributed by atoms with Crippen LogP contribution in [0.15, 0.2) is 53.6 Å². The number of nitrogens with one attached hydrogen (secondary N) is 1. The minimum atomic E-state index is -3.61. The van der Waals surface area contributed by atoms with Crippen molar-refractivity contribution in [3.63, 3.8) is 0 Å². The predicted octanol–water partition coefficient (Wildman–Crippen LogP) is 4.61. The number of benzene rings is 2. The number of rotatable bonds is 5. The van der Waals surface area contributed by atoms with Crippen molar-refractivity contribution >= 4 is 26.3 Å². The number of hydrogen-bond acceptors (Lipinski definition) is 4. The first-order valence-electron chi connectivity index (χ1n) is 9.05. The van der Waals surface area contributed by atoms with Gasteiger partial charge >= 0.3 is 0 Å². The van der Waals surface area contributed by atoms with Gasteiger partial charge in [0.25, 0.3) is 0 Å². The molecule has 5 nitrogen and oxygen atoms in total. The summed E-state index contributed by atoms with van der Waals surface area (Å²) in [6.07, 6.45) is 1.89. The molecule has 4 rings (SSSR count). The highest BCUT2D eigenvalue weighted by Crippen LogP contribution is 2.27. The van der Waals surface area contributed by atoms with Gasteiger partial charge in [0.15, 0.2) is 4.96 Å². The molecule has 8 heteroatoms. The average Bonchev–Trinajstić information content (AvgIpc) is 3.20. The smallest absolute Gasteiger partial charge is 0.241 e. The number of fused-ring (bicyclic) bond motifs is 1. The Balaban J connectivity index is 1.58. The molecule has 150 valence electrons. The van der Waals surface area contributed by atoms with Gasteiger partial charge in [0.2, 0.25) is 10.0 Å². The zero-order valence-electron chi connectivity index (χ0n) is 16.2. The molecule has 29 heavy (non-hydrogen) atoms. The van der Waals surface area contributed by atoms with Gasteiger partial charge in [-0.1, -0.05) is 29.0 Å². The van der Waals surface area contributed by atoms with Crippen molar-refractivity contribution in [3.8, 4) is 11.3 Å². The molecule has 0 aliphatic heterocycles. The Morgan fingerprint density at radius 1 is 1.10 bits per heavy atom. The molecule has 1 N–H and O–H groups in total. The second-order valence-electron chi connectivity index (χ2n) is 6.99. The summed E-state index contributed by atoms with van der Waals surface area (Å²) in [6.45, 7) is 5.85. The molecule has 0 unspecified atom stereocenters. The molecule has 0 fully saturated rings. The Kier molecular flexibility index (Phi) is 5.02. The van der Waals surface area contributed by atoms with E-state index in [0.717, 1.165) is 37.9 Å². The van der Waals surface area contributed by atoms with Gasteiger partial charge < -0.3 is 0 Å². The highest BCUT2D eigenvalue weighted by molar-refractivity contribution is 7.89. The van der Waals surface area contributed by atoms with E-state index >= 15 is 0 Å². The summed E-state index contributed by atoms with van der Waals surface area (Å²) in [5.74, 6) is -0.288. The number of thiazole rings is 1. The highest BCUT2D eigenvalue weighted by atomic mass is 32.2. The Morgan fingerprint density at radius 2 is 1.83 bits per heavy atom. The number of aryl methyl sites for hydroxylation is 3. The maximum atomic E-state index is 13.1. The largest absolute Gasteiger partial charge is 0.294 e. The minimum Gasteiger partial charge on any atom is -0.294 e. The van der Waals surface area contributed by atoms with E-state index in [1.165, 1.54) is 23.5 Å². The topological polar surface area (TPSA) is 63.5 Å². The summed E-state index contributed by atoms with van der Waals surface area (Å²) in [7, 11) is -3.61. The number of sulfonamides is 1.